The zero-order chi connectivity index (χ0) is 15.2. The number of amides is 2. The topological polar surface area (TPSA) is 95.5 Å². The van der Waals surface area contributed by atoms with Gasteiger partial charge in [-0.1, -0.05) is 19.3 Å². The van der Waals surface area contributed by atoms with E-state index in [2.05, 4.69) is 10.6 Å². The van der Waals surface area contributed by atoms with Gasteiger partial charge in [0.2, 0.25) is 11.8 Å². The molecule has 6 heteroatoms. The van der Waals surface area contributed by atoms with Crippen molar-refractivity contribution in [3.05, 3.63) is 0 Å². The van der Waals surface area contributed by atoms with Crippen molar-refractivity contribution in [2.75, 3.05) is 6.54 Å². The summed E-state index contributed by atoms with van der Waals surface area (Å²) in [6.07, 6.45) is 6.49. The molecule has 2 unspecified atom stereocenters. The molecule has 2 aliphatic carbocycles. The van der Waals surface area contributed by atoms with Gasteiger partial charge in [-0.05, 0) is 25.7 Å². The first-order chi connectivity index (χ1) is 10.1. The zero-order valence-corrected chi connectivity index (χ0v) is 12.3. The summed E-state index contributed by atoms with van der Waals surface area (Å²) < 4.78 is 0. The van der Waals surface area contributed by atoms with Gasteiger partial charge >= 0.3 is 5.97 Å². The quantitative estimate of drug-likeness (QED) is 0.682. The van der Waals surface area contributed by atoms with Gasteiger partial charge in [0.15, 0.2) is 0 Å². The highest BCUT2D eigenvalue weighted by molar-refractivity contribution is 5.81. The summed E-state index contributed by atoms with van der Waals surface area (Å²) >= 11 is 0. The maximum atomic E-state index is 11.8. The Morgan fingerprint density at radius 3 is 2.38 bits per heavy atom. The van der Waals surface area contributed by atoms with Crippen molar-refractivity contribution in [1.82, 2.24) is 10.6 Å². The molecule has 21 heavy (non-hydrogen) atoms. The van der Waals surface area contributed by atoms with Gasteiger partial charge in [0, 0.05) is 24.9 Å². The number of carboxylic acids is 1. The Morgan fingerprint density at radius 1 is 1.00 bits per heavy atom. The van der Waals surface area contributed by atoms with Crippen molar-refractivity contribution in [1.29, 1.82) is 0 Å². The van der Waals surface area contributed by atoms with Crippen LogP contribution in [0.4, 0.5) is 0 Å². The van der Waals surface area contributed by atoms with Crippen LogP contribution < -0.4 is 10.6 Å². The second-order valence-corrected chi connectivity index (χ2v) is 6.07. The number of nitrogens with one attached hydrogen (secondary N) is 2. The third-order valence-electron chi connectivity index (χ3n) is 4.56. The number of aliphatic carboxylic acids is 1. The molecule has 2 saturated carbocycles. The molecule has 2 aliphatic rings. The molecule has 0 aliphatic heterocycles. The number of hydrogen-bond acceptors (Lipinski definition) is 3. The fourth-order valence-corrected chi connectivity index (χ4v) is 3.34. The van der Waals surface area contributed by atoms with Crippen LogP contribution in [0.2, 0.25) is 0 Å². The molecule has 0 bridgehead atoms. The van der Waals surface area contributed by atoms with Crippen LogP contribution in [0, 0.1) is 11.8 Å². The number of carbonyl (C=O) groups excluding carboxylic acids is 2. The van der Waals surface area contributed by atoms with E-state index in [0.29, 0.717) is 13.0 Å². The maximum absolute atomic E-state index is 11.8. The lowest BCUT2D eigenvalue weighted by Crippen LogP contribution is -2.41. The standard InChI is InChI=1S/C15H24N2O4/c18-13(17-12-7-3-6-11(12)15(20)21)8-9-16-14(19)10-4-1-2-5-10/h10-12H,1-9H2,(H,16,19)(H,17,18)(H,20,21). The summed E-state index contributed by atoms with van der Waals surface area (Å²) in [5, 5.41) is 14.6. The number of rotatable bonds is 6. The predicted octanol–water partition coefficient (Wildman–Crippen LogP) is 1.05. The minimum absolute atomic E-state index is 0.0459. The number of carboxylic acid groups (broad SMARTS) is 1. The molecule has 2 amide bonds. The Morgan fingerprint density at radius 2 is 1.71 bits per heavy atom. The van der Waals surface area contributed by atoms with E-state index in [1.54, 1.807) is 0 Å². The molecule has 0 saturated heterocycles. The lowest BCUT2D eigenvalue weighted by molar-refractivity contribution is -0.142. The Hall–Kier alpha value is -1.59. The molecular weight excluding hydrogens is 272 g/mol. The van der Waals surface area contributed by atoms with E-state index in [9.17, 15) is 14.4 Å². The first-order valence-electron chi connectivity index (χ1n) is 7.88. The van der Waals surface area contributed by atoms with E-state index in [0.717, 1.165) is 38.5 Å². The normalized spacial score (nSPS) is 25.7. The van der Waals surface area contributed by atoms with Crippen LogP contribution in [0.5, 0.6) is 0 Å². The highest BCUT2D eigenvalue weighted by atomic mass is 16.4. The minimum atomic E-state index is -0.840. The largest absolute Gasteiger partial charge is 0.481 e. The fraction of sp³-hybridized carbons (Fsp3) is 0.800. The van der Waals surface area contributed by atoms with E-state index >= 15 is 0 Å². The lowest BCUT2D eigenvalue weighted by Gasteiger charge is -2.17. The minimum Gasteiger partial charge on any atom is -0.481 e. The number of hydrogen-bond donors (Lipinski definition) is 3. The van der Waals surface area contributed by atoms with Gasteiger partial charge in [-0.3, -0.25) is 14.4 Å². The van der Waals surface area contributed by atoms with E-state index < -0.39 is 11.9 Å². The molecule has 0 aromatic rings. The Labute approximate surface area is 124 Å². The van der Waals surface area contributed by atoms with E-state index in [4.69, 9.17) is 5.11 Å². The van der Waals surface area contributed by atoms with Crippen LogP contribution in [0.1, 0.15) is 51.4 Å². The first-order valence-corrected chi connectivity index (χ1v) is 7.88. The summed E-state index contributed by atoms with van der Waals surface area (Å²) in [7, 11) is 0. The van der Waals surface area contributed by atoms with Gasteiger partial charge < -0.3 is 15.7 Å². The van der Waals surface area contributed by atoms with Gasteiger partial charge in [0.25, 0.3) is 0 Å². The van der Waals surface area contributed by atoms with Gasteiger partial charge in [-0.15, -0.1) is 0 Å². The molecule has 2 atom stereocenters. The highest BCUT2D eigenvalue weighted by Gasteiger charge is 2.33. The van der Waals surface area contributed by atoms with Crippen LogP contribution in [0.15, 0.2) is 0 Å². The zero-order valence-electron chi connectivity index (χ0n) is 12.3. The first kappa shape index (κ1) is 15.8. The molecule has 0 heterocycles. The SMILES string of the molecule is O=C(CCNC(=O)C1CCCC1)NC1CCCC1C(=O)O. The molecule has 2 rings (SSSR count). The van der Waals surface area contributed by atoms with Crippen LogP contribution in [0.3, 0.4) is 0 Å². The van der Waals surface area contributed by atoms with Gasteiger partial charge in [0.1, 0.15) is 0 Å². The molecule has 6 nitrogen and oxygen atoms in total. The number of carbonyl (C=O) groups is 3. The molecule has 0 aromatic heterocycles. The molecular formula is C15H24N2O4. The van der Waals surface area contributed by atoms with Crippen molar-refractivity contribution in [3.63, 3.8) is 0 Å². The Balaban J connectivity index is 1.65. The van der Waals surface area contributed by atoms with Gasteiger partial charge in [0.05, 0.1) is 5.92 Å². The summed E-state index contributed by atoms with van der Waals surface area (Å²) in [6, 6.07) is -0.263. The maximum Gasteiger partial charge on any atom is 0.308 e. The summed E-state index contributed by atoms with van der Waals surface area (Å²) in [4.78, 5) is 34.6. The van der Waals surface area contributed by atoms with Crippen LogP contribution >= 0.6 is 0 Å². The van der Waals surface area contributed by atoms with Crippen LogP contribution in [-0.2, 0) is 14.4 Å². The predicted molar refractivity (Wildman–Crippen MR) is 76.5 cm³/mol. The average molecular weight is 296 g/mol. The van der Waals surface area contributed by atoms with Crippen molar-refractivity contribution in [3.8, 4) is 0 Å². The smallest absolute Gasteiger partial charge is 0.308 e. The van der Waals surface area contributed by atoms with E-state index in [-0.39, 0.29) is 30.2 Å². The van der Waals surface area contributed by atoms with Crippen molar-refractivity contribution in [2.24, 2.45) is 11.8 Å². The van der Waals surface area contributed by atoms with Gasteiger partial charge in [-0.25, -0.2) is 0 Å². The summed E-state index contributed by atoms with van der Waals surface area (Å²) in [6.45, 7) is 0.325. The molecule has 0 aromatic carbocycles. The van der Waals surface area contributed by atoms with Gasteiger partial charge in [-0.2, -0.15) is 0 Å². The molecule has 0 spiro atoms. The second kappa shape index (κ2) is 7.43. The van der Waals surface area contributed by atoms with E-state index in [1.165, 1.54) is 0 Å². The molecule has 2 fully saturated rings. The Kier molecular flexibility index (Phi) is 5.59. The van der Waals surface area contributed by atoms with Crippen LogP contribution in [0.25, 0.3) is 0 Å². The molecule has 0 radical (unpaired) electrons. The average Bonchev–Trinajstić information content (AvgIpc) is 3.09. The third kappa shape index (κ3) is 4.44. The highest BCUT2D eigenvalue weighted by Crippen LogP contribution is 2.26. The summed E-state index contributed by atoms with van der Waals surface area (Å²) in [5.41, 5.74) is 0. The van der Waals surface area contributed by atoms with Crippen molar-refractivity contribution in [2.45, 2.75) is 57.4 Å². The summed E-state index contributed by atoms with van der Waals surface area (Å²) in [5.74, 6) is -1.34. The van der Waals surface area contributed by atoms with Crippen molar-refractivity contribution >= 4 is 17.8 Å². The molecule has 118 valence electrons. The van der Waals surface area contributed by atoms with Crippen molar-refractivity contribution < 1.29 is 19.5 Å². The molecule has 3 N–H and O–H groups in total. The third-order valence-corrected chi connectivity index (χ3v) is 4.56. The monoisotopic (exact) mass is 296 g/mol. The fourth-order valence-electron chi connectivity index (χ4n) is 3.34. The van der Waals surface area contributed by atoms with E-state index in [1.807, 2.05) is 0 Å². The second-order valence-electron chi connectivity index (χ2n) is 6.07. The Bertz CT molecular complexity index is 404. The van der Waals surface area contributed by atoms with Crippen LogP contribution in [-0.4, -0.2) is 35.5 Å². The lowest BCUT2D eigenvalue weighted by atomic mass is 10.0.